The molecule has 1 saturated heterocycles. The third kappa shape index (κ3) is 6.12. The molecule has 156 valence electrons. The molecule has 3 rings (SSSR count). The molecule has 1 atom stereocenters. The van der Waals surface area contributed by atoms with Crippen LogP contribution < -0.4 is 19.5 Å². The van der Waals surface area contributed by atoms with Crippen molar-refractivity contribution in [2.24, 2.45) is 0 Å². The minimum Gasteiger partial charge on any atom is -0.497 e. The van der Waals surface area contributed by atoms with Crippen LogP contribution >= 0.6 is 0 Å². The van der Waals surface area contributed by atoms with Crippen molar-refractivity contribution in [3.63, 3.8) is 0 Å². The van der Waals surface area contributed by atoms with Gasteiger partial charge in [-0.15, -0.1) is 0 Å². The van der Waals surface area contributed by atoms with Gasteiger partial charge in [-0.1, -0.05) is 12.1 Å². The van der Waals surface area contributed by atoms with Crippen LogP contribution in [-0.2, 0) is 16.0 Å². The number of para-hydroxylation sites is 2. The zero-order valence-electron chi connectivity index (χ0n) is 17.1. The summed E-state index contributed by atoms with van der Waals surface area (Å²) in [6.07, 6.45) is 4.28. The molecule has 29 heavy (non-hydrogen) atoms. The molecule has 0 aromatic heterocycles. The second-order valence-electron chi connectivity index (χ2n) is 7.02. The Morgan fingerprint density at radius 2 is 1.97 bits per heavy atom. The molecule has 1 aliphatic rings. The first kappa shape index (κ1) is 21.0. The molecule has 0 saturated carbocycles. The molecule has 1 N–H and O–H groups in total. The van der Waals surface area contributed by atoms with Gasteiger partial charge < -0.3 is 24.3 Å². The Bertz CT molecular complexity index is 802. The highest BCUT2D eigenvalue weighted by Gasteiger charge is 2.16. The average molecular weight is 399 g/mol. The zero-order valence-corrected chi connectivity index (χ0v) is 17.1. The number of ether oxygens (including phenoxy) is 4. The first-order chi connectivity index (χ1) is 14.2. The molecule has 0 radical (unpaired) electrons. The lowest BCUT2D eigenvalue weighted by Crippen LogP contribution is -2.26. The topological polar surface area (TPSA) is 66.0 Å². The van der Waals surface area contributed by atoms with E-state index >= 15 is 0 Å². The highest BCUT2D eigenvalue weighted by molar-refractivity contribution is 5.92. The van der Waals surface area contributed by atoms with Crippen LogP contribution in [0.2, 0.25) is 0 Å². The van der Waals surface area contributed by atoms with Crippen molar-refractivity contribution in [2.45, 2.75) is 38.2 Å². The SMILES string of the molecule is COc1ccc(OC)c(CCC(=O)Nc2ccccc2OCC2CCCCO2)c1. The van der Waals surface area contributed by atoms with Crippen molar-refractivity contribution in [1.29, 1.82) is 0 Å². The summed E-state index contributed by atoms with van der Waals surface area (Å²) < 4.78 is 22.3. The van der Waals surface area contributed by atoms with Gasteiger partial charge in [-0.05, 0) is 61.6 Å². The van der Waals surface area contributed by atoms with Crippen molar-refractivity contribution < 1.29 is 23.7 Å². The standard InChI is InChI=1S/C23H29NO5/c1-26-18-11-12-21(27-2)17(15-18)10-13-23(25)24-20-8-3-4-9-22(20)29-16-19-7-5-6-14-28-19/h3-4,8-9,11-12,15,19H,5-7,10,13-14,16H2,1-2H3,(H,24,25). The number of carbonyl (C=O) groups excluding carboxylic acids is 1. The van der Waals surface area contributed by atoms with Crippen molar-refractivity contribution in [2.75, 3.05) is 32.8 Å². The highest BCUT2D eigenvalue weighted by Crippen LogP contribution is 2.27. The summed E-state index contributed by atoms with van der Waals surface area (Å²) in [6, 6.07) is 13.1. The summed E-state index contributed by atoms with van der Waals surface area (Å²) in [6.45, 7) is 1.29. The van der Waals surface area contributed by atoms with Crippen LogP contribution in [0.1, 0.15) is 31.2 Å². The lowest BCUT2D eigenvalue weighted by molar-refractivity contribution is -0.116. The average Bonchev–Trinajstić information content (AvgIpc) is 2.77. The van der Waals surface area contributed by atoms with Gasteiger partial charge >= 0.3 is 0 Å². The number of benzene rings is 2. The highest BCUT2D eigenvalue weighted by atomic mass is 16.5. The van der Waals surface area contributed by atoms with Crippen molar-refractivity contribution in [1.82, 2.24) is 0 Å². The van der Waals surface area contributed by atoms with E-state index in [0.717, 1.165) is 36.5 Å². The van der Waals surface area contributed by atoms with Gasteiger partial charge in [-0.2, -0.15) is 0 Å². The molecular formula is C23H29NO5. The Morgan fingerprint density at radius 3 is 2.72 bits per heavy atom. The quantitative estimate of drug-likeness (QED) is 0.684. The first-order valence-corrected chi connectivity index (χ1v) is 10.0. The number of rotatable bonds is 9. The maximum atomic E-state index is 12.5. The van der Waals surface area contributed by atoms with Gasteiger partial charge in [0, 0.05) is 13.0 Å². The molecule has 0 spiro atoms. The Hall–Kier alpha value is -2.73. The van der Waals surface area contributed by atoms with Crippen LogP contribution in [0.25, 0.3) is 0 Å². The van der Waals surface area contributed by atoms with E-state index < -0.39 is 0 Å². The third-order valence-corrected chi connectivity index (χ3v) is 4.97. The number of aryl methyl sites for hydroxylation is 1. The van der Waals surface area contributed by atoms with E-state index in [1.165, 1.54) is 6.42 Å². The van der Waals surface area contributed by atoms with E-state index in [1.807, 2.05) is 42.5 Å². The molecule has 1 heterocycles. The van der Waals surface area contributed by atoms with E-state index in [1.54, 1.807) is 14.2 Å². The Morgan fingerprint density at radius 1 is 1.10 bits per heavy atom. The molecule has 1 unspecified atom stereocenters. The van der Waals surface area contributed by atoms with Crippen molar-refractivity contribution in [3.8, 4) is 17.2 Å². The van der Waals surface area contributed by atoms with E-state index in [2.05, 4.69) is 5.32 Å². The fourth-order valence-electron chi connectivity index (χ4n) is 3.36. The molecule has 6 nitrogen and oxygen atoms in total. The van der Waals surface area contributed by atoms with Gasteiger partial charge in [-0.25, -0.2) is 0 Å². The van der Waals surface area contributed by atoms with Crippen molar-refractivity contribution >= 4 is 11.6 Å². The number of nitrogens with one attached hydrogen (secondary N) is 1. The Balaban J connectivity index is 1.56. The summed E-state index contributed by atoms with van der Waals surface area (Å²) in [4.78, 5) is 12.5. The maximum absolute atomic E-state index is 12.5. The number of amides is 1. The van der Waals surface area contributed by atoms with Crippen molar-refractivity contribution in [3.05, 3.63) is 48.0 Å². The van der Waals surface area contributed by atoms with Gasteiger partial charge in [0.2, 0.25) is 5.91 Å². The number of carbonyl (C=O) groups is 1. The fraction of sp³-hybridized carbons (Fsp3) is 0.435. The predicted octanol–water partition coefficient (Wildman–Crippen LogP) is 4.22. The van der Waals surface area contributed by atoms with Gasteiger partial charge in [0.1, 0.15) is 23.9 Å². The molecule has 0 aliphatic carbocycles. The monoisotopic (exact) mass is 399 g/mol. The van der Waals surface area contributed by atoms with Gasteiger partial charge in [-0.3, -0.25) is 4.79 Å². The Labute approximate surface area is 172 Å². The summed E-state index contributed by atoms with van der Waals surface area (Å²) in [5.41, 5.74) is 1.60. The molecule has 1 amide bonds. The second-order valence-corrected chi connectivity index (χ2v) is 7.02. The lowest BCUT2D eigenvalue weighted by Gasteiger charge is -2.23. The Kier molecular flexibility index (Phi) is 7.76. The van der Waals surface area contributed by atoms with Crippen LogP contribution in [0.15, 0.2) is 42.5 Å². The van der Waals surface area contributed by atoms with E-state index in [4.69, 9.17) is 18.9 Å². The summed E-state index contributed by atoms with van der Waals surface area (Å²) in [5, 5.41) is 2.96. The molecule has 1 fully saturated rings. The second kappa shape index (κ2) is 10.7. The van der Waals surface area contributed by atoms with E-state index in [-0.39, 0.29) is 12.0 Å². The minimum atomic E-state index is -0.0835. The molecule has 1 aliphatic heterocycles. The molecule has 0 bridgehead atoms. The number of hydrogen-bond donors (Lipinski definition) is 1. The zero-order chi connectivity index (χ0) is 20.5. The van der Waals surface area contributed by atoms with Crippen LogP contribution in [0.3, 0.4) is 0 Å². The number of methoxy groups -OCH3 is 2. The number of hydrogen-bond acceptors (Lipinski definition) is 5. The van der Waals surface area contributed by atoms with Crippen LogP contribution in [0.4, 0.5) is 5.69 Å². The van der Waals surface area contributed by atoms with Gasteiger partial charge in [0.25, 0.3) is 0 Å². The molecular weight excluding hydrogens is 370 g/mol. The van der Waals surface area contributed by atoms with E-state index in [0.29, 0.717) is 30.9 Å². The lowest BCUT2D eigenvalue weighted by atomic mass is 10.1. The number of anilines is 1. The van der Waals surface area contributed by atoms with Gasteiger partial charge in [0.05, 0.1) is 26.0 Å². The van der Waals surface area contributed by atoms with E-state index in [9.17, 15) is 4.79 Å². The molecule has 6 heteroatoms. The van der Waals surface area contributed by atoms with Crippen LogP contribution in [-0.4, -0.2) is 39.4 Å². The molecule has 2 aromatic carbocycles. The third-order valence-electron chi connectivity index (χ3n) is 4.97. The van der Waals surface area contributed by atoms with Crippen LogP contribution in [0, 0.1) is 0 Å². The summed E-state index contributed by atoms with van der Waals surface area (Å²) >= 11 is 0. The van der Waals surface area contributed by atoms with Gasteiger partial charge in [0.15, 0.2) is 0 Å². The largest absolute Gasteiger partial charge is 0.497 e. The summed E-state index contributed by atoms with van der Waals surface area (Å²) in [5.74, 6) is 2.06. The fourth-order valence-corrected chi connectivity index (χ4v) is 3.36. The minimum absolute atomic E-state index is 0.0835. The maximum Gasteiger partial charge on any atom is 0.224 e. The summed E-state index contributed by atoms with van der Waals surface area (Å²) in [7, 11) is 3.24. The smallest absolute Gasteiger partial charge is 0.224 e. The normalized spacial score (nSPS) is 16.1. The first-order valence-electron chi connectivity index (χ1n) is 10.0. The molecule has 2 aromatic rings. The van der Waals surface area contributed by atoms with Crippen LogP contribution in [0.5, 0.6) is 17.2 Å². The predicted molar refractivity (Wildman–Crippen MR) is 112 cm³/mol.